The number of para-hydroxylation sites is 4. The predicted octanol–water partition coefficient (Wildman–Crippen LogP) is 3.78. The van der Waals surface area contributed by atoms with Gasteiger partial charge in [0.1, 0.15) is 0 Å². The lowest BCUT2D eigenvalue weighted by Gasteiger charge is -1.91. The van der Waals surface area contributed by atoms with Gasteiger partial charge in [0.15, 0.2) is 46.0 Å². The van der Waals surface area contributed by atoms with Gasteiger partial charge in [-0.1, -0.05) is 24.3 Å². The third kappa shape index (κ3) is 8.67. The van der Waals surface area contributed by atoms with Crippen molar-refractivity contribution < 1.29 is 40.9 Å². The van der Waals surface area contributed by atoms with Crippen molar-refractivity contribution in [2.45, 2.75) is 0 Å². The Kier molecular flexibility index (Phi) is 9.79. The van der Waals surface area contributed by atoms with Gasteiger partial charge in [0, 0.05) is 23.2 Å². The summed E-state index contributed by atoms with van der Waals surface area (Å²) in [7, 11) is 0. The van der Waals surface area contributed by atoms with Crippen LogP contribution in [0.5, 0.6) is 46.0 Å². The average molecular weight is 435 g/mol. The molecule has 10 heteroatoms. The third-order valence-corrected chi connectivity index (χ3v) is 3.81. The van der Waals surface area contributed by atoms with Crippen molar-refractivity contribution in [1.82, 2.24) is 4.98 Å². The first kappa shape index (κ1) is 23.9. The van der Waals surface area contributed by atoms with Gasteiger partial charge in [-0.15, -0.1) is 11.3 Å². The molecule has 0 amide bonds. The fourth-order valence-corrected chi connectivity index (χ4v) is 2.13. The van der Waals surface area contributed by atoms with Crippen molar-refractivity contribution in [3.05, 3.63) is 71.7 Å². The monoisotopic (exact) mass is 435 g/mol. The molecule has 0 radical (unpaired) electrons. The predicted molar refractivity (Wildman–Crippen MR) is 111 cm³/mol. The highest BCUT2D eigenvalue weighted by Gasteiger charge is 1.94. The van der Waals surface area contributed by atoms with Gasteiger partial charge in [0.25, 0.3) is 0 Å². The molecule has 160 valence electrons. The Labute approximate surface area is 175 Å². The van der Waals surface area contributed by atoms with E-state index in [4.69, 9.17) is 40.9 Å². The lowest BCUT2D eigenvalue weighted by atomic mass is 10.3. The Morgan fingerprint density at radius 3 is 0.867 bits per heavy atom. The number of nitrogens with one attached hydrogen (secondary N) is 1. The molecule has 0 unspecified atom stereocenters. The number of phenols is 4. The summed E-state index contributed by atoms with van der Waals surface area (Å²) in [5.74, 6) is -0.602. The Morgan fingerprint density at radius 2 is 0.733 bits per heavy atom. The minimum Gasteiger partial charge on any atom is -0.504 e. The standard InChI is InChI=1S/2C6H6O2.C4H5NO2.C4H4O2S/c2*7-5-3-1-2-4-6(5)8;6-3-1-5-2-4(3)7;5-3-1-7-2-4(3)6/h2*1-4,7-8H;1-2,5-7H;1-2,5-6H. The van der Waals surface area contributed by atoms with Gasteiger partial charge in [-0.3, -0.25) is 0 Å². The molecule has 0 atom stereocenters. The Morgan fingerprint density at radius 1 is 0.433 bits per heavy atom. The molecule has 0 aliphatic heterocycles. The van der Waals surface area contributed by atoms with Crippen LogP contribution in [0, 0.1) is 0 Å². The van der Waals surface area contributed by atoms with E-state index in [0.29, 0.717) is 0 Å². The molecule has 9 N–H and O–H groups in total. The average Bonchev–Trinajstić information content (AvgIpc) is 3.29. The minimum atomic E-state index is -0.111. The van der Waals surface area contributed by atoms with Crippen LogP contribution >= 0.6 is 11.3 Å². The summed E-state index contributed by atoms with van der Waals surface area (Å²) < 4.78 is 0. The van der Waals surface area contributed by atoms with E-state index in [-0.39, 0.29) is 46.0 Å². The largest absolute Gasteiger partial charge is 0.504 e. The summed E-state index contributed by atoms with van der Waals surface area (Å²) in [6, 6.07) is 12.3. The molecule has 2 heterocycles. The molecule has 0 aliphatic carbocycles. The smallest absolute Gasteiger partial charge is 0.175 e. The Balaban J connectivity index is 0.000000200. The second-order valence-corrected chi connectivity index (χ2v) is 6.09. The molecule has 2 aromatic heterocycles. The Bertz CT molecular complexity index is 858. The van der Waals surface area contributed by atoms with Crippen molar-refractivity contribution in [3.63, 3.8) is 0 Å². The van der Waals surface area contributed by atoms with E-state index in [9.17, 15) is 0 Å². The summed E-state index contributed by atoms with van der Waals surface area (Å²) in [5.41, 5.74) is 0. The Hall–Kier alpha value is -4.18. The molecule has 0 saturated heterocycles. The normalized spacial score (nSPS) is 9.07. The molecule has 2 aromatic carbocycles. The van der Waals surface area contributed by atoms with Crippen LogP contribution < -0.4 is 0 Å². The maximum atomic E-state index is 8.67. The van der Waals surface area contributed by atoms with E-state index >= 15 is 0 Å². The number of phenolic OH excluding ortho intramolecular Hbond substituents is 4. The highest BCUT2D eigenvalue weighted by Crippen LogP contribution is 2.27. The molecule has 0 bridgehead atoms. The van der Waals surface area contributed by atoms with E-state index < -0.39 is 0 Å². The number of thiophene rings is 1. The molecular formula is C20H21NO8S. The zero-order valence-corrected chi connectivity index (χ0v) is 16.2. The first-order valence-corrected chi connectivity index (χ1v) is 9.09. The summed E-state index contributed by atoms with van der Waals surface area (Å²) in [5, 5.41) is 71.6. The van der Waals surface area contributed by atoms with Gasteiger partial charge in [-0.25, -0.2) is 0 Å². The fourth-order valence-electron chi connectivity index (χ4n) is 1.56. The summed E-state index contributed by atoms with van der Waals surface area (Å²) in [6.07, 6.45) is 2.60. The van der Waals surface area contributed by atoms with Crippen LogP contribution in [0.2, 0.25) is 0 Å². The van der Waals surface area contributed by atoms with E-state index in [2.05, 4.69) is 4.98 Å². The number of aromatic hydroxyl groups is 8. The van der Waals surface area contributed by atoms with Gasteiger partial charge in [0.05, 0.1) is 0 Å². The number of rotatable bonds is 0. The van der Waals surface area contributed by atoms with Crippen LogP contribution in [0.3, 0.4) is 0 Å². The fraction of sp³-hybridized carbons (Fsp3) is 0. The minimum absolute atomic E-state index is 0.0370. The van der Waals surface area contributed by atoms with Crippen molar-refractivity contribution in [3.8, 4) is 46.0 Å². The summed E-state index contributed by atoms with van der Waals surface area (Å²) >= 11 is 1.27. The number of benzene rings is 2. The topological polar surface area (TPSA) is 178 Å². The van der Waals surface area contributed by atoms with E-state index in [0.717, 1.165) is 0 Å². The maximum Gasteiger partial charge on any atom is 0.175 e. The van der Waals surface area contributed by atoms with E-state index in [1.54, 1.807) is 24.3 Å². The zero-order valence-electron chi connectivity index (χ0n) is 15.4. The van der Waals surface area contributed by atoms with Crippen LogP contribution in [-0.4, -0.2) is 45.8 Å². The van der Waals surface area contributed by atoms with Gasteiger partial charge >= 0.3 is 0 Å². The van der Waals surface area contributed by atoms with Gasteiger partial charge in [-0.05, 0) is 24.3 Å². The number of hydrogen-bond donors (Lipinski definition) is 9. The van der Waals surface area contributed by atoms with Crippen molar-refractivity contribution in [2.24, 2.45) is 0 Å². The molecular weight excluding hydrogens is 414 g/mol. The summed E-state index contributed by atoms with van der Waals surface area (Å²) in [4.78, 5) is 2.50. The summed E-state index contributed by atoms with van der Waals surface area (Å²) in [6.45, 7) is 0. The first-order valence-electron chi connectivity index (χ1n) is 8.15. The highest BCUT2D eigenvalue weighted by molar-refractivity contribution is 7.08. The van der Waals surface area contributed by atoms with E-state index in [1.165, 1.54) is 58.8 Å². The maximum absolute atomic E-state index is 8.67. The second-order valence-electron chi connectivity index (χ2n) is 5.35. The first-order chi connectivity index (χ1) is 14.2. The quantitative estimate of drug-likeness (QED) is 0.187. The second kappa shape index (κ2) is 12.3. The van der Waals surface area contributed by atoms with Gasteiger partial charge < -0.3 is 45.8 Å². The SMILES string of the molecule is Oc1c[nH]cc1O.Oc1ccccc1O.Oc1ccccc1O.Oc1cscc1O. The van der Waals surface area contributed by atoms with Crippen molar-refractivity contribution >= 4 is 11.3 Å². The van der Waals surface area contributed by atoms with Crippen molar-refractivity contribution in [1.29, 1.82) is 0 Å². The number of hydrogen-bond acceptors (Lipinski definition) is 9. The zero-order chi connectivity index (χ0) is 22.5. The lowest BCUT2D eigenvalue weighted by molar-refractivity contribution is 0.404. The number of H-pyrrole nitrogens is 1. The van der Waals surface area contributed by atoms with Crippen molar-refractivity contribution in [2.75, 3.05) is 0 Å². The van der Waals surface area contributed by atoms with Crippen LogP contribution in [0.15, 0.2) is 71.7 Å². The molecule has 0 aliphatic rings. The molecule has 4 rings (SSSR count). The third-order valence-electron chi connectivity index (χ3n) is 3.09. The van der Waals surface area contributed by atoms with Crippen LogP contribution in [0.1, 0.15) is 0 Å². The van der Waals surface area contributed by atoms with Gasteiger partial charge in [-0.2, -0.15) is 0 Å². The lowest BCUT2D eigenvalue weighted by Crippen LogP contribution is -1.63. The molecule has 9 nitrogen and oxygen atoms in total. The van der Waals surface area contributed by atoms with Crippen LogP contribution in [0.4, 0.5) is 0 Å². The number of aromatic nitrogens is 1. The number of aromatic amines is 1. The van der Waals surface area contributed by atoms with Crippen LogP contribution in [-0.2, 0) is 0 Å². The molecule has 0 fully saturated rings. The molecule has 0 spiro atoms. The van der Waals surface area contributed by atoms with E-state index in [1.807, 2.05) is 0 Å². The van der Waals surface area contributed by atoms with Crippen LogP contribution in [0.25, 0.3) is 0 Å². The van der Waals surface area contributed by atoms with Gasteiger partial charge in [0.2, 0.25) is 0 Å². The molecule has 0 saturated carbocycles. The molecule has 4 aromatic rings. The molecule has 30 heavy (non-hydrogen) atoms. The highest BCUT2D eigenvalue weighted by atomic mass is 32.1.